The van der Waals surface area contributed by atoms with Gasteiger partial charge in [0.1, 0.15) is 12.0 Å². The molecular formula is C14H13BrFN3S. The maximum atomic E-state index is 14.0. The van der Waals surface area contributed by atoms with E-state index in [0.29, 0.717) is 16.5 Å². The summed E-state index contributed by atoms with van der Waals surface area (Å²) in [5.41, 5.74) is 0.612. The van der Waals surface area contributed by atoms with E-state index >= 15 is 0 Å². The Bertz CT molecular complexity index is 562. The summed E-state index contributed by atoms with van der Waals surface area (Å²) in [5.74, 6) is 0.629. The second kappa shape index (κ2) is 7.31. The van der Waals surface area contributed by atoms with Crippen molar-refractivity contribution in [1.82, 2.24) is 10.3 Å². The molecule has 0 fully saturated rings. The standard InChI is InChI=1S/C14H13BrFN3S/c15-11-6-4-10(5-7-11)12(16)9-18-14(20)19-13-3-1-2-8-17-13/h1-8,12H,9H2,(H2,17,18,19,20). The van der Waals surface area contributed by atoms with Gasteiger partial charge < -0.3 is 10.6 Å². The number of pyridine rings is 1. The molecule has 20 heavy (non-hydrogen) atoms. The second-order valence-electron chi connectivity index (χ2n) is 4.07. The van der Waals surface area contributed by atoms with Gasteiger partial charge in [-0.3, -0.25) is 0 Å². The number of thiocarbonyl (C=S) groups is 1. The molecule has 2 rings (SSSR count). The highest BCUT2D eigenvalue weighted by molar-refractivity contribution is 9.10. The molecule has 6 heteroatoms. The first kappa shape index (κ1) is 14.9. The predicted molar refractivity (Wildman–Crippen MR) is 86.5 cm³/mol. The first-order chi connectivity index (χ1) is 9.65. The SMILES string of the molecule is FC(CNC(=S)Nc1ccccn1)c1ccc(Br)cc1. The fraction of sp³-hybridized carbons (Fsp3) is 0.143. The summed E-state index contributed by atoms with van der Waals surface area (Å²) in [6.07, 6.45) is 0.539. The number of hydrogen-bond donors (Lipinski definition) is 2. The van der Waals surface area contributed by atoms with E-state index < -0.39 is 6.17 Å². The van der Waals surface area contributed by atoms with Gasteiger partial charge in [0.2, 0.25) is 0 Å². The molecule has 0 radical (unpaired) electrons. The third kappa shape index (κ3) is 4.54. The number of halogens is 2. The number of hydrogen-bond acceptors (Lipinski definition) is 2. The van der Waals surface area contributed by atoms with Crippen molar-refractivity contribution in [3.8, 4) is 0 Å². The molecule has 3 nitrogen and oxygen atoms in total. The number of aromatic nitrogens is 1. The number of anilines is 1. The highest BCUT2D eigenvalue weighted by Gasteiger charge is 2.10. The van der Waals surface area contributed by atoms with E-state index in [1.165, 1.54) is 0 Å². The van der Waals surface area contributed by atoms with Crippen LogP contribution in [0.4, 0.5) is 10.2 Å². The lowest BCUT2D eigenvalue weighted by molar-refractivity contribution is 0.343. The van der Waals surface area contributed by atoms with Crippen molar-refractivity contribution in [1.29, 1.82) is 0 Å². The summed E-state index contributed by atoms with van der Waals surface area (Å²) >= 11 is 8.41. The van der Waals surface area contributed by atoms with Crippen LogP contribution >= 0.6 is 28.1 Å². The molecule has 0 spiro atoms. The van der Waals surface area contributed by atoms with Crippen molar-refractivity contribution in [2.45, 2.75) is 6.17 Å². The van der Waals surface area contributed by atoms with E-state index in [4.69, 9.17) is 12.2 Å². The molecular weight excluding hydrogens is 341 g/mol. The molecule has 2 aromatic rings. The van der Waals surface area contributed by atoms with Crippen LogP contribution in [0.25, 0.3) is 0 Å². The molecule has 104 valence electrons. The van der Waals surface area contributed by atoms with Gasteiger partial charge >= 0.3 is 0 Å². The van der Waals surface area contributed by atoms with E-state index in [0.717, 1.165) is 4.47 Å². The topological polar surface area (TPSA) is 37.0 Å². The van der Waals surface area contributed by atoms with Crippen LogP contribution in [0, 0.1) is 0 Å². The molecule has 1 heterocycles. The van der Waals surface area contributed by atoms with E-state index in [-0.39, 0.29) is 6.54 Å². The van der Waals surface area contributed by atoms with Crippen LogP contribution in [-0.4, -0.2) is 16.6 Å². The van der Waals surface area contributed by atoms with Gasteiger partial charge in [0.25, 0.3) is 0 Å². The van der Waals surface area contributed by atoms with Crippen molar-refractivity contribution in [3.63, 3.8) is 0 Å². The van der Waals surface area contributed by atoms with Gasteiger partial charge in [-0.05, 0) is 42.0 Å². The maximum Gasteiger partial charge on any atom is 0.172 e. The minimum Gasteiger partial charge on any atom is -0.359 e. The Balaban J connectivity index is 1.82. The maximum absolute atomic E-state index is 14.0. The summed E-state index contributed by atoms with van der Waals surface area (Å²) in [5, 5.41) is 6.08. The number of rotatable bonds is 4. The Hall–Kier alpha value is -1.53. The van der Waals surface area contributed by atoms with Gasteiger partial charge in [-0.1, -0.05) is 34.1 Å². The lowest BCUT2D eigenvalue weighted by Crippen LogP contribution is -2.31. The van der Waals surface area contributed by atoms with Crippen LogP contribution < -0.4 is 10.6 Å². The zero-order chi connectivity index (χ0) is 14.4. The average Bonchev–Trinajstić information content (AvgIpc) is 2.46. The van der Waals surface area contributed by atoms with Gasteiger partial charge in [-0.25, -0.2) is 9.37 Å². The molecule has 0 saturated heterocycles. The smallest absolute Gasteiger partial charge is 0.172 e. The van der Waals surface area contributed by atoms with Crippen molar-refractivity contribution in [3.05, 3.63) is 58.7 Å². The molecule has 1 aromatic heterocycles. The van der Waals surface area contributed by atoms with Crippen molar-refractivity contribution >= 4 is 39.1 Å². The molecule has 0 aliphatic heterocycles. The third-order valence-electron chi connectivity index (χ3n) is 2.58. The summed E-state index contributed by atoms with van der Waals surface area (Å²) in [7, 11) is 0. The van der Waals surface area contributed by atoms with Gasteiger partial charge in [-0.15, -0.1) is 0 Å². The quantitative estimate of drug-likeness (QED) is 0.818. The number of alkyl halides is 1. The Kier molecular flexibility index (Phi) is 5.43. The van der Waals surface area contributed by atoms with Gasteiger partial charge in [0.05, 0.1) is 6.54 Å². The fourth-order valence-corrected chi connectivity index (χ4v) is 2.02. The van der Waals surface area contributed by atoms with Crippen molar-refractivity contribution < 1.29 is 4.39 Å². The fourth-order valence-electron chi connectivity index (χ4n) is 1.57. The van der Waals surface area contributed by atoms with Crippen molar-refractivity contribution in [2.75, 3.05) is 11.9 Å². The minimum absolute atomic E-state index is 0.111. The molecule has 0 bridgehead atoms. The summed E-state index contributed by atoms with van der Waals surface area (Å²) in [4.78, 5) is 4.08. The lowest BCUT2D eigenvalue weighted by Gasteiger charge is -2.13. The molecule has 2 N–H and O–H groups in total. The Morgan fingerprint density at radius 2 is 2.00 bits per heavy atom. The van der Waals surface area contributed by atoms with Crippen LogP contribution in [0.2, 0.25) is 0 Å². The highest BCUT2D eigenvalue weighted by Crippen LogP contribution is 2.19. The lowest BCUT2D eigenvalue weighted by atomic mass is 10.1. The molecule has 1 atom stereocenters. The van der Waals surface area contributed by atoms with Crippen LogP contribution in [0.5, 0.6) is 0 Å². The van der Waals surface area contributed by atoms with Crippen LogP contribution in [0.3, 0.4) is 0 Å². The van der Waals surface area contributed by atoms with Gasteiger partial charge in [0.15, 0.2) is 5.11 Å². The summed E-state index contributed by atoms with van der Waals surface area (Å²) in [6.45, 7) is 0.111. The normalized spacial score (nSPS) is 11.7. The minimum atomic E-state index is -1.12. The zero-order valence-electron chi connectivity index (χ0n) is 10.5. The van der Waals surface area contributed by atoms with E-state index in [9.17, 15) is 4.39 Å². The van der Waals surface area contributed by atoms with Crippen molar-refractivity contribution in [2.24, 2.45) is 0 Å². The first-order valence-corrected chi connectivity index (χ1v) is 7.20. The monoisotopic (exact) mass is 353 g/mol. The second-order valence-corrected chi connectivity index (χ2v) is 5.39. The van der Waals surface area contributed by atoms with Gasteiger partial charge in [-0.2, -0.15) is 0 Å². The van der Waals surface area contributed by atoms with Crippen LogP contribution in [-0.2, 0) is 0 Å². The average molecular weight is 354 g/mol. The molecule has 1 unspecified atom stereocenters. The molecule has 1 aromatic carbocycles. The molecule has 0 saturated carbocycles. The molecule has 0 aliphatic rings. The Labute approximate surface area is 130 Å². The first-order valence-electron chi connectivity index (χ1n) is 6.00. The Morgan fingerprint density at radius 1 is 1.25 bits per heavy atom. The Morgan fingerprint density at radius 3 is 2.65 bits per heavy atom. The van der Waals surface area contributed by atoms with E-state index in [2.05, 4.69) is 31.5 Å². The van der Waals surface area contributed by atoms with E-state index in [1.54, 1.807) is 24.4 Å². The summed E-state index contributed by atoms with van der Waals surface area (Å²) < 4.78 is 14.9. The van der Waals surface area contributed by atoms with E-state index in [1.807, 2.05) is 24.3 Å². The summed E-state index contributed by atoms with van der Waals surface area (Å²) in [6, 6.07) is 12.6. The van der Waals surface area contributed by atoms with Gasteiger partial charge in [0, 0.05) is 10.7 Å². The largest absolute Gasteiger partial charge is 0.359 e. The molecule has 0 amide bonds. The molecule has 0 aliphatic carbocycles. The number of nitrogens with one attached hydrogen (secondary N) is 2. The third-order valence-corrected chi connectivity index (χ3v) is 3.36. The zero-order valence-corrected chi connectivity index (χ0v) is 12.9. The van der Waals surface area contributed by atoms with Crippen LogP contribution in [0.15, 0.2) is 53.1 Å². The number of benzene rings is 1. The van der Waals surface area contributed by atoms with Crippen LogP contribution in [0.1, 0.15) is 11.7 Å². The highest BCUT2D eigenvalue weighted by atomic mass is 79.9. The number of nitrogens with zero attached hydrogens (tertiary/aromatic N) is 1. The predicted octanol–water partition coefficient (Wildman–Crippen LogP) is 3.84.